The number of anilines is 1. The third-order valence-electron chi connectivity index (χ3n) is 3.56. The van der Waals surface area contributed by atoms with E-state index in [0.29, 0.717) is 5.92 Å². The second-order valence-corrected chi connectivity index (χ2v) is 4.93. The quantitative estimate of drug-likeness (QED) is 0.898. The summed E-state index contributed by atoms with van der Waals surface area (Å²) in [4.78, 5) is 6.83. The van der Waals surface area contributed by atoms with Gasteiger partial charge in [0, 0.05) is 31.2 Å². The highest BCUT2D eigenvalue weighted by Gasteiger charge is 2.21. The van der Waals surface area contributed by atoms with Crippen molar-refractivity contribution in [3.8, 4) is 0 Å². The van der Waals surface area contributed by atoms with Crippen LogP contribution >= 0.6 is 0 Å². The molecule has 2 aromatic rings. The fourth-order valence-electron chi connectivity index (χ4n) is 2.69. The van der Waals surface area contributed by atoms with Gasteiger partial charge in [0.1, 0.15) is 5.82 Å². The van der Waals surface area contributed by atoms with Gasteiger partial charge in [-0.2, -0.15) is 5.10 Å². The molecule has 0 amide bonds. The van der Waals surface area contributed by atoms with Gasteiger partial charge in [0.05, 0.1) is 0 Å². The van der Waals surface area contributed by atoms with E-state index < -0.39 is 0 Å². The Hall–Kier alpha value is -1.84. The Morgan fingerprint density at radius 2 is 2.28 bits per heavy atom. The van der Waals surface area contributed by atoms with Gasteiger partial charge in [0.25, 0.3) is 0 Å². The Morgan fingerprint density at radius 1 is 1.28 bits per heavy atom. The summed E-state index contributed by atoms with van der Waals surface area (Å²) in [5.41, 5.74) is 1.24. The van der Waals surface area contributed by atoms with E-state index in [1.165, 1.54) is 18.5 Å². The van der Waals surface area contributed by atoms with Crippen LogP contribution in [-0.4, -0.2) is 28.3 Å². The zero-order valence-corrected chi connectivity index (χ0v) is 10.4. The van der Waals surface area contributed by atoms with Crippen molar-refractivity contribution in [3.63, 3.8) is 0 Å². The third-order valence-corrected chi connectivity index (χ3v) is 3.56. The summed E-state index contributed by atoms with van der Waals surface area (Å²) >= 11 is 0. The molecule has 4 nitrogen and oxygen atoms in total. The molecule has 0 radical (unpaired) electrons. The number of nitrogens with zero attached hydrogens (tertiary/aromatic N) is 3. The number of H-pyrrole nitrogens is 1. The van der Waals surface area contributed by atoms with E-state index in [-0.39, 0.29) is 0 Å². The lowest BCUT2D eigenvalue weighted by atomic mass is 9.93. The van der Waals surface area contributed by atoms with E-state index in [9.17, 15) is 0 Å². The third kappa shape index (κ3) is 2.53. The van der Waals surface area contributed by atoms with Crippen LogP contribution in [0.1, 0.15) is 18.5 Å². The van der Waals surface area contributed by atoms with E-state index in [0.717, 1.165) is 25.3 Å². The van der Waals surface area contributed by atoms with Crippen molar-refractivity contribution in [2.24, 2.45) is 5.92 Å². The molecule has 4 heteroatoms. The van der Waals surface area contributed by atoms with Crippen molar-refractivity contribution >= 4 is 5.82 Å². The van der Waals surface area contributed by atoms with Crippen molar-refractivity contribution in [1.82, 2.24) is 15.2 Å². The van der Waals surface area contributed by atoms with Crippen LogP contribution in [0.2, 0.25) is 0 Å². The highest BCUT2D eigenvalue weighted by atomic mass is 15.2. The van der Waals surface area contributed by atoms with Crippen LogP contribution in [-0.2, 0) is 6.42 Å². The predicted octanol–water partition coefficient (Wildman–Crippen LogP) is 2.26. The molecule has 2 aromatic heterocycles. The fraction of sp³-hybridized carbons (Fsp3) is 0.429. The zero-order chi connectivity index (χ0) is 12.2. The molecule has 0 spiro atoms. The summed E-state index contributed by atoms with van der Waals surface area (Å²) in [6.45, 7) is 2.21. The van der Waals surface area contributed by atoms with Gasteiger partial charge in [0.2, 0.25) is 0 Å². The van der Waals surface area contributed by atoms with Crippen LogP contribution in [0.4, 0.5) is 5.82 Å². The number of hydrogen-bond donors (Lipinski definition) is 1. The Balaban J connectivity index is 1.65. The molecule has 1 unspecified atom stereocenters. The molecule has 1 N–H and O–H groups in total. The molecular weight excluding hydrogens is 224 g/mol. The average Bonchev–Trinajstić information content (AvgIpc) is 2.93. The fourth-order valence-corrected chi connectivity index (χ4v) is 2.69. The van der Waals surface area contributed by atoms with Gasteiger partial charge < -0.3 is 4.90 Å². The van der Waals surface area contributed by atoms with Crippen molar-refractivity contribution < 1.29 is 0 Å². The van der Waals surface area contributed by atoms with Gasteiger partial charge in [-0.3, -0.25) is 5.10 Å². The van der Waals surface area contributed by atoms with Crippen LogP contribution < -0.4 is 4.90 Å². The van der Waals surface area contributed by atoms with Crippen LogP contribution in [0.25, 0.3) is 0 Å². The minimum atomic E-state index is 0.696. The molecule has 3 rings (SSSR count). The molecular formula is C14H18N4. The maximum Gasteiger partial charge on any atom is 0.128 e. The molecule has 0 aliphatic carbocycles. The summed E-state index contributed by atoms with van der Waals surface area (Å²) in [6.07, 6.45) is 7.32. The zero-order valence-electron chi connectivity index (χ0n) is 10.4. The molecule has 1 aliphatic heterocycles. The van der Waals surface area contributed by atoms with E-state index in [4.69, 9.17) is 0 Å². The van der Waals surface area contributed by atoms with Crippen LogP contribution in [0.15, 0.2) is 36.7 Å². The SMILES string of the molecule is c1ccc(N2CCCC(Cc3ccn[nH]3)C2)nc1. The van der Waals surface area contributed by atoms with E-state index in [1.807, 2.05) is 18.5 Å². The Morgan fingerprint density at radius 3 is 3.06 bits per heavy atom. The molecule has 94 valence electrons. The van der Waals surface area contributed by atoms with E-state index >= 15 is 0 Å². The minimum Gasteiger partial charge on any atom is -0.356 e. The standard InChI is InChI=1S/C14H18N4/c1-2-7-15-14(5-1)18-9-3-4-12(11-18)10-13-6-8-16-17-13/h1-2,5-8,12H,3-4,9-11H2,(H,16,17). The van der Waals surface area contributed by atoms with E-state index in [2.05, 4.69) is 38.3 Å². The lowest BCUT2D eigenvalue weighted by molar-refractivity contribution is 0.408. The summed E-state index contributed by atoms with van der Waals surface area (Å²) in [6, 6.07) is 8.19. The molecule has 1 aliphatic rings. The topological polar surface area (TPSA) is 44.8 Å². The lowest BCUT2D eigenvalue weighted by Gasteiger charge is -2.33. The molecule has 18 heavy (non-hydrogen) atoms. The van der Waals surface area contributed by atoms with Gasteiger partial charge in [-0.25, -0.2) is 4.98 Å². The molecule has 1 fully saturated rings. The second-order valence-electron chi connectivity index (χ2n) is 4.93. The number of aromatic amines is 1. The minimum absolute atomic E-state index is 0.696. The number of pyridine rings is 1. The van der Waals surface area contributed by atoms with Crippen molar-refractivity contribution in [1.29, 1.82) is 0 Å². The molecule has 0 bridgehead atoms. The number of rotatable bonds is 3. The molecule has 1 atom stereocenters. The smallest absolute Gasteiger partial charge is 0.128 e. The first-order chi connectivity index (χ1) is 8.92. The summed E-state index contributed by atoms with van der Waals surface area (Å²) in [5.74, 6) is 1.80. The first-order valence-corrected chi connectivity index (χ1v) is 6.56. The monoisotopic (exact) mass is 242 g/mol. The van der Waals surface area contributed by atoms with Gasteiger partial charge >= 0.3 is 0 Å². The Labute approximate surface area is 107 Å². The summed E-state index contributed by atoms with van der Waals surface area (Å²) in [7, 11) is 0. The van der Waals surface area contributed by atoms with Gasteiger partial charge in [-0.05, 0) is 43.4 Å². The number of nitrogens with one attached hydrogen (secondary N) is 1. The van der Waals surface area contributed by atoms with Crippen molar-refractivity contribution in [2.75, 3.05) is 18.0 Å². The largest absolute Gasteiger partial charge is 0.356 e. The second kappa shape index (κ2) is 5.21. The molecule has 3 heterocycles. The highest BCUT2D eigenvalue weighted by Crippen LogP contribution is 2.23. The van der Waals surface area contributed by atoms with Gasteiger partial charge in [0.15, 0.2) is 0 Å². The van der Waals surface area contributed by atoms with Gasteiger partial charge in [-0.1, -0.05) is 6.07 Å². The number of hydrogen-bond acceptors (Lipinski definition) is 3. The highest BCUT2D eigenvalue weighted by molar-refractivity contribution is 5.38. The maximum atomic E-state index is 4.44. The summed E-state index contributed by atoms with van der Waals surface area (Å²) in [5, 5.41) is 7.07. The average molecular weight is 242 g/mol. The van der Waals surface area contributed by atoms with Crippen LogP contribution in [0.5, 0.6) is 0 Å². The Kier molecular flexibility index (Phi) is 3.26. The van der Waals surface area contributed by atoms with Crippen molar-refractivity contribution in [3.05, 3.63) is 42.4 Å². The Bertz CT molecular complexity index is 466. The van der Waals surface area contributed by atoms with Crippen LogP contribution in [0.3, 0.4) is 0 Å². The molecule has 0 aromatic carbocycles. The van der Waals surface area contributed by atoms with E-state index in [1.54, 1.807) is 0 Å². The van der Waals surface area contributed by atoms with Gasteiger partial charge in [-0.15, -0.1) is 0 Å². The van der Waals surface area contributed by atoms with Crippen LogP contribution in [0, 0.1) is 5.92 Å². The summed E-state index contributed by atoms with van der Waals surface area (Å²) < 4.78 is 0. The van der Waals surface area contributed by atoms with Crippen molar-refractivity contribution in [2.45, 2.75) is 19.3 Å². The first-order valence-electron chi connectivity index (χ1n) is 6.56. The predicted molar refractivity (Wildman–Crippen MR) is 71.5 cm³/mol. The normalized spacial score (nSPS) is 20.0. The number of aromatic nitrogens is 3. The molecule has 1 saturated heterocycles. The first kappa shape index (κ1) is 11.3. The maximum absolute atomic E-state index is 4.44. The molecule has 0 saturated carbocycles. The number of piperidine rings is 1. The lowest BCUT2D eigenvalue weighted by Crippen LogP contribution is -2.36.